The van der Waals surface area contributed by atoms with Crippen molar-refractivity contribution in [3.05, 3.63) is 62.5 Å². The molecule has 0 fully saturated rings. The van der Waals surface area contributed by atoms with Gasteiger partial charge in [-0.3, -0.25) is 0 Å². The number of rotatable bonds is 5. The van der Waals surface area contributed by atoms with Gasteiger partial charge in [0.25, 0.3) is 0 Å². The molecule has 2 nitrogen and oxygen atoms in total. The highest BCUT2D eigenvalue weighted by Crippen LogP contribution is 2.24. The Hall–Kier alpha value is -0.840. The number of nitrogens with two attached hydrogens (primary N) is 1. The van der Waals surface area contributed by atoms with Crippen molar-refractivity contribution >= 4 is 31.9 Å². The summed E-state index contributed by atoms with van der Waals surface area (Å²) in [6.45, 7) is 2.56. The van der Waals surface area contributed by atoms with Crippen LogP contribution in [-0.4, -0.2) is 6.04 Å². The Kier molecular flexibility index (Phi) is 5.64. The Morgan fingerprint density at radius 3 is 2.45 bits per heavy atom. The summed E-state index contributed by atoms with van der Waals surface area (Å²) >= 11 is 6.97. The summed E-state index contributed by atoms with van der Waals surface area (Å²) in [5.74, 6) is 0.867. The molecule has 4 heteroatoms. The lowest BCUT2D eigenvalue weighted by Crippen LogP contribution is -2.18. The molecule has 106 valence electrons. The van der Waals surface area contributed by atoms with Gasteiger partial charge in [-0.1, -0.05) is 44.0 Å². The van der Waals surface area contributed by atoms with Gasteiger partial charge in [0.15, 0.2) is 0 Å². The van der Waals surface area contributed by atoms with Crippen LogP contribution in [0.1, 0.15) is 18.1 Å². The molecule has 0 saturated heterocycles. The van der Waals surface area contributed by atoms with Gasteiger partial charge in [0, 0.05) is 15.0 Å². The number of hydrogen-bond donors (Lipinski definition) is 1. The first-order valence-corrected chi connectivity index (χ1v) is 8.04. The van der Waals surface area contributed by atoms with Gasteiger partial charge < -0.3 is 10.5 Å². The van der Waals surface area contributed by atoms with E-state index in [1.165, 1.54) is 5.56 Å². The SMILES string of the molecule is CC(N)Cc1cc(OCc2ccc(Br)cc2)ccc1Br. The minimum Gasteiger partial charge on any atom is -0.489 e. The Morgan fingerprint density at radius 2 is 1.80 bits per heavy atom. The second-order valence-electron chi connectivity index (χ2n) is 4.85. The summed E-state index contributed by atoms with van der Waals surface area (Å²) in [7, 11) is 0. The van der Waals surface area contributed by atoms with E-state index in [1.54, 1.807) is 0 Å². The van der Waals surface area contributed by atoms with E-state index in [0.717, 1.165) is 26.7 Å². The maximum atomic E-state index is 5.86. The van der Waals surface area contributed by atoms with Crippen LogP contribution in [0.3, 0.4) is 0 Å². The van der Waals surface area contributed by atoms with Gasteiger partial charge in [0.1, 0.15) is 12.4 Å². The van der Waals surface area contributed by atoms with Crippen molar-refractivity contribution in [1.82, 2.24) is 0 Å². The first kappa shape index (κ1) is 15.5. The van der Waals surface area contributed by atoms with Gasteiger partial charge >= 0.3 is 0 Å². The molecule has 0 heterocycles. The van der Waals surface area contributed by atoms with E-state index in [9.17, 15) is 0 Å². The lowest BCUT2D eigenvalue weighted by molar-refractivity contribution is 0.306. The molecule has 2 aromatic rings. The molecule has 0 bridgehead atoms. The zero-order chi connectivity index (χ0) is 14.5. The molecule has 20 heavy (non-hydrogen) atoms. The summed E-state index contributed by atoms with van der Waals surface area (Å²) < 4.78 is 7.98. The lowest BCUT2D eigenvalue weighted by Gasteiger charge is -2.11. The van der Waals surface area contributed by atoms with Crippen LogP contribution in [0.25, 0.3) is 0 Å². The normalized spacial score (nSPS) is 12.2. The highest BCUT2D eigenvalue weighted by atomic mass is 79.9. The third-order valence-corrected chi connectivity index (χ3v) is 4.18. The molecule has 2 N–H and O–H groups in total. The lowest BCUT2D eigenvalue weighted by atomic mass is 10.1. The third kappa shape index (κ3) is 4.62. The van der Waals surface area contributed by atoms with Crippen LogP contribution in [0.5, 0.6) is 5.75 Å². The molecule has 0 aliphatic carbocycles. The smallest absolute Gasteiger partial charge is 0.120 e. The van der Waals surface area contributed by atoms with Crippen molar-refractivity contribution in [3.63, 3.8) is 0 Å². The summed E-state index contributed by atoms with van der Waals surface area (Å²) in [5, 5.41) is 0. The van der Waals surface area contributed by atoms with E-state index < -0.39 is 0 Å². The van der Waals surface area contributed by atoms with Crippen LogP contribution in [0, 0.1) is 0 Å². The van der Waals surface area contributed by atoms with E-state index in [0.29, 0.717) is 6.61 Å². The van der Waals surface area contributed by atoms with Crippen molar-refractivity contribution in [1.29, 1.82) is 0 Å². The van der Waals surface area contributed by atoms with Crippen molar-refractivity contribution in [3.8, 4) is 5.75 Å². The van der Waals surface area contributed by atoms with Crippen LogP contribution < -0.4 is 10.5 Å². The van der Waals surface area contributed by atoms with Gasteiger partial charge in [0.05, 0.1) is 0 Å². The van der Waals surface area contributed by atoms with Crippen LogP contribution >= 0.6 is 31.9 Å². The van der Waals surface area contributed by atoms with Gasteiger partial charge in [-0.05, 0) is 54.8 Å². The number of hydrogen-bond acceptors (Lipinski definition) is 2. The van der Waals surface area contributed by atoms with E-state index in [4.69, 9.17) is 10.5 Å². The maximum Gasteiger partial charge on any atom is 0.120 e. The second kappa shape index (κ2) is 7.25. The molecular weight excluding hydrogens is 382 g/mol. The van der Waals surface area contributed by atoms with Crippen LogP contribution in [0.15, 0.2) is 51.4 Å². The van der Waals surface area contributed by atoms with Crippen molar-refractivity contribution in [2.45, 2.75) is 26.0 Å². The topological polar surface area (TPSA) is 35.2 Å². The molecule has 1 unspecified atom stereocenters. The van der Waals surface area contributed by atoms with Gasteiger partial charge in [-0.25, -0.2) is 0 Å². The fourth-order valence-electron chi connectivity index (χ4n) is 1.89. The first-order chi connectivity index (χ1) is 9.54. The highest BCUT2D eigenvalue weighted by molar-refractivity contribution is 9.10. The maximum absolute atomic E-state index is 5.86. The molecule has 2 aromatic carbocycles. The predicted octanol–water partition coefficient (Wildman–Crippen LogP) is 4.68. The van der Waals surface area contributed by atoms with Gasteiger partial charge in [-0.2, -0.15) is 0 Å². The Balaban J connectivity index is 2.04. The monoisotopic (exact) mass is 397 g/mol. The highest BCUT2D eigenvalue weighted by Gasteiger charge is 2.05. The fraction of sp³-hybridized carbons (Fsp3) is 0.250. The summed E-state index contributed by atoms with van der Waals surface area (Å²) in [5.41, 5.74) is 8.17. The van der Waals surface area contributed by atoms with Crippen molar-refractivity contribution in [2.24, 2.45) is 5.73 Å². The fourth-order valence-corrected chi connectivity index (χ4v) is 2.56. The van der Waals surface area contributed by atoms with Gasteiger partial charge in [0.2, 0.25) is 0 Å². The van der Waals surface area contributed by atoms with Gasteiger partial charge in [-0.15, -0.1) is 0 Å². The average Bonchev–Trinajstić information content (AvgIpc) is 2.41. The number of ether oxygens (including phenoxy) is 1. The molecule has 0 saturated carbocycles. The summed E-state index contributed by atoms with van der Waals surface area (Å²) in [6, 6.07) is 14.3. The van der Waals surface area contributed by atoms with Crippen LogP contribution in [0.4, 0.5) is 0 Å². The largest absolute Gasteiger partial charge is 0.489 e. The standard InChI is InChI=1S/C16H17Br2NO/c1-11(19)8-13-9-15(6-7-16(13)18)20-10-12-2-4-14(17)5-3-12/h2-7,9,11H,8,10,19H2,1H3. The van der Waals surface area contributed by atoms with Crippen molar-refractivity contribution < 1.29 is 4.74 Å². The Labute approximate surface area is 136 Å². The number of benzene rings is 2. The Morgan fingerprint density at radius 1 is 1.10 bits per heavy atom. The Bertz CT molecular complexity index is 567. The summed E-state index contributed by atoms with van der Waals surface area (Å²) in [6.07, 6.45) is 0.829. The molecule has 0 spiro atoms. The molecule has 0 aliphatic rings. The minimum absolute atomic E-state index is 0.132. The van der Waals surface area contributed by atoms with E-state index >= 15 is 0 Å². The van der Waals surface area contributed by atoms with Crippen LogP contribution in [0.2, 0.25) is 0 Å². The molecular formula is C16H17Br2NO. The summed E-state index contributed by atoms with van der Waals surface area (Å²) in [4.78, 5) is 0. The number of halogens is 2. The molecule has 0 aliphatic heterocycles. The minimum atomic E-state index is 0.132. The molecule has 2 rings (SSSR count). The van der Waals surface area contributed by atoms with Crippen LogP contribution in [-0.2, 0) is 13.0 Å². The van der Waals surface area contributed by atoms with E-state index in [1.807, 2.05) is 49.4 Å². The molecule has 0 aromatic heterocycles. The molecule has 1 atom stereocenters. The van der Waals surface area contributed by atoms with E-state index in [2.05, 4.69) is 31.9 Å². The molecule has 0 amide bonds. The third-order valence-electron chi connectivity index (χ3n) is 2.88. The quantitative estimate of drug-likeness (QED) is 0.793. The zero-order valence-corrected chi connectivity index (χ0v) is 14.4. The predicted molar refractivity (Wildman–Crippen MR) is 90.0 cm³/mol. The van der Waals surface area contributed by atoms with E-state index in [-0.39, 0.29) is 6.04 Å². The first-order valence-electron chi connectivity index (χ1n) is 6.46. The molecule has 0 radical (unpaired) electrons. The second-order valence-corrected chi connectivity index (χ2v) is 6.62. The van der Waals surface area contributed by atoms with Crippen molar-refractivity contribution in [2.75, 3.05) is 0 Å². The average molecular weight is 399 g/mol. The zero-order valence-electron chi connectivity index (χ0n) is 11.3.